The molecule has 1 unspecified atom stereocenters. The van der Waals surface area contributed by atoms with Crippen LogP contribution in [0.3, 0.4) is 0 Å². The highest BCUT2D eigenvalue weighted by atomic mass is 35.5. The molecule has 124 valence electrons. The average Bonchev–Trinajstić information content (AvgIpc) is 2.90. The molecule has 1 aliphatic carbocycles. The Morgan fingerprint density at radius 3 is 2.88 bits per heavy atom. The lowest BCUT2D eigenvalue weighted by molar-refractivity contribution is -0.116. The van der Waals surface area contributed by atoms with Gasteiger partial charge in [-0.25, -0.2) is 0 Å². The lowest BCUT2D eigenvalue weighted by Gasteiger charge is -2.17. The van der Waals surface area contributed by atoms with Crippen LogP contribution in [0.25, 0.3) is 0 Å². The SMILES string of the molecule is CC1CCc2c(sc(NC(=O)CCc3ccc(Cl)cc3)c2C#N)C1. The van der Waals surface area contributed by atoms with E-state index in [2.05, 4.69) is 18.3 Å². The summed E-state index contributed by atoms with van der Waals surface area (Å²) in [5.41, 5.74) is 2.89. The molecule has 1 atom stereocenters. The minimum absolute atomic E-state index is 0.0481. The predicted octanol–water partition coefficient (Wildman–Crippen LogP) is 4.97. The highest BCUT2D eigenvalue weighted by Gasteiger charge is 2.24. The lowest BCUT2D eigenvalue weighted by atomic mass is 9.88. The van der Waals surface area contributed by atoms with E-state index in [-0.39, 0.29) is 5.91 Å². The number of rotatable bonds is 4. The van der Waals surface area contributed by atoms with Gasteiger partial charge in [0, 0.05) is 16.3 Å². The van der Waals surface area contributed by atoms with Crippen LogP contribution in [0.2, 0.25) is 5.02 Å². The van der Waals surface area contributed by atoms with Gasteiger partial charge in [-0.2, -0.15) is 5.26 Å². The van der Waals surface area contributed by atoms with Crippen molar-refractivity contribution in [3.63, 3.8) is 0 Å². The van der Waals surface area contributed by atoms with E-state index >= 15 is 0 Å². The monoisotopic (exact) mass is 358 g/mol. The van der Waals surface area contributed by atoms with Crippen LogP contribution in [0.5, 0.6) is 0 Å². The van der Waals surface area contributed by atoms with Gasteiger partial charge in [0.2, 0.25) is 5.91 Å². The van der Waals surface area contributed by atoms with E-state index in [9.17, 15) is 10.1 Å². The number of nitrogens with zero attached hydrogens (tertiary/aromatic N) is 1. The van der Waals surface area contributed by atoms with E-state index in [1.54, 1.807) is 11.3 Å². The van der Waals surface area contributed by atoms with Crippen molar-refractivity contribution in [1.29, 1.82) is 5.26 Å². The molecular formula is C19H19ClN2OS. The fourth-order valence-corrected chi connectivity index (χ4v) is 4.56. The summed E-state index contributed by atoms with van der Waals surface area (Å²) >= 11 is 7.44. The van der Waals surface area contributed by atoms with Crippen LogP contribution in [0.1, 0.15) is 41.3 Å². The lowest BCUT2D eigenvalue weighted by Crippen LogP contribution is -2.12. The van der Waals surface area contributed by atoms with Gasteiger partial charge in [-0.1, -0.05) is 30.7 Å². The number of nitrogens with one attached hydrogen (secondary N) is 1. The van der Waals surface area contributed by atoms with Gasteiger partial charge in [-0.15, -0.1) is 11.3 Å². The standard InChI is InChI=1S/C19H19ClN2OS/c1-12-2-8-15-16(11-21)19(24-17(15)10-12)22-18(23)9-5-13-3-6-14(20)7-4-13/h3-4,6-7,12H,2,5,8-10H2,1H3,(H,22,23). The van der Waals surface area contributed by atoms with Crippen LogP contribution in [0.4, 0.5) is 5.00 Å². The molecule has 1 heterocycles. The number of hydrogen-bond acceptors (Lipinski definition) is 3. The third-order valence-electron chi connectivity index (χ3n) is 4.43. The van der Waals surface area contributed by atoms with E-state index in [4.69, 9.17) is 11.6 Å². The number of carbonyl (C=O) groups is 1. The molecular weight excluding hydrogens is 340 g/mol. The highest BCUT2D eigenvalue weighted by molar-refractivity contribution is 7.16. The molecule has 1 N–H and O–H groups in total. The Kier molecular flexibility index (Phi) is 5.23. The van der Waals surface area contributed by atoms with Gasteiger partial charge in [0.15, 0.2) is 0 Å². The van der Waals surface area contributed by atoms with Gasteiger partial charge in [0.1, 0.15) is 11.1 Å². The molecule has 1 aromatic carbocycles. The number of halogens is 1. The molecule has 0 spiro atoms. The van der Waals surface area contributed by atoms with Gasteiger partial charge in [-0.05, 0) is 54.9 Å². The maximum Gasteiger partial charge on any atom is 0.225 e. The van der Waals surface area contributed by atoms with Crippen LogP contribution < -0.4 is 5.32 Å². The number of amides is 1. The maximum absolute atomic E-state index is 12.3. The van der Waals surface area contributed by atoms with Gasteiger partial charge < -0.3 is 5.32 Å². The Morgan fingerprint density at radius 1 is 1.42 bits per heavy atom. The number of thiophene rings is 1. The van der Waals surface area contributed by atoms with Crippen LogP contribution in [0.15, 0.2) is 24.3 Å². The third-order valence-corrected chi connectivity index (χ3v) is 5.85. The Labute approximate surface area is 151 Å². The molecule has 0 fully saturated rings. The number of nitriles is 1. The molecule has 0 saturated heterocycles. The quantitative estimate of drug-likeness (QED) is 0.838. The summed E-state index contributed by atoms with van der Waals surface area (Å²) in [6.45, 7) is 2.24. The van der Waals surface area contributed by atoms with Crippen LogP contribution in [0, 0.1) is 17.2 Å². The average molecular weight is 359 g/mol. The Bertz CT molecular complexity index is 789. The molecule has 1 aliphatic rings. The molecule has 0 saturated carbocycles. The van der Waals surface area contributed by atoms with Crippen molar-refractivity contribution in [3.05, 3.63) is 50.9 Å². The Hall–Kier alpha value is -1.83. The highest BCUT2D eigenvalue weighted by Crippen LogP contribution is 2.39. The topological polar surface area (TPSA) is 52.9 Å². The number of carbonyl (C=O) groups excluding carboxylic acids is 1. The third kappa shape index (κ3) is 3.80. The molecule has 1 aromatic heterocycles. The summed E-state index contributed by atoms with van der Waals surface area (Å²) in [4.78, 5) is 13.5. The summed E-state index contributed by atoms with van der Waals surface area (Å²) in [7, 11) is 0. The smallest absolute Gasteiger partial charge is 0.225 e. The Morgan fingerprint density at radius 2 is 2.17 bits per heavy atom. The van der Waals surface area contributed by atoms with Crippen molar-refractivity contribution in [2.45, 2.75) is 39.0 Å². The molecule has 1 amide bonds. The molecule has 0 radical (unpaired) electrons. The number of aryl methyl sites for hydroxylation is 1. The zero-order valence-electron chi connectivity index (χ0n) is 13.6. The summed E-state index contributed by atoms with van der Waals surface area (Å²) in [6.07, 6.45) is 4.12. The second-order valence-corrected chi connectivity index (χ2v) is 7.88. The molecule has 2 aromatic rings. The molecule has 0 bridgehead atoms. The van der Waals surface area contributed by atoms with Gasteiger partial charge in [-0.3, -0.25) is 4.79 Å². The second-order valence-electron chi connectivity index (χ2n) is 6.34. The van der Waals surface area contributed by atoms with Gasteiger partial charge in [0.05, 0.1) is 5.56 Å². The minimum Gasteiger partial charge on any atom is -0.317 e. The number of benzene rings is 1. The molecule has 0 aliphatic heterocycles. The first-order valence-electron chi connectivity index (χ1n) is 8.15. The van der Waals surface area contributed by atoms with E-state index in [0.717, 1.165) is 35.4 Å². The fraction of sp³-hybridized carbons (Fsp3) is 0.368. The van der Waals surface area contributed by atoms with Crippen molar-refractivity contribution < 1.29 is 4.79 Å². The van der Waals surface area contributed by atoms with E-state index in [0.29, 0.717) is 29.3 Å². The fourth-order valence-electron chi connectivity index (χ4n) is 3.06. The van der Waals surface area contributed by atoms with E-state index in [1.165, 1.54) is 4.88 Å². The first kappa shape index (κ1) is 17.0. The largest absolute Gasteiger partial charge is 0.317 e. The van der Waals surface area contributed by atoms with Crippen molar-refractivity contribution in [1.82, 2.24) is 0 Å². The number of fused-ring (bicyclic) bond motifs is 1. The van der Waals surface area contributed by atoms with Gasteiger partial charge in [0.25, 0.3) is 0 Å². The summed E-state index contributed by atoms with van der Waals surface area (Å²) < 4.78 is 0. The zero-order chi connectivity index (χ0) is 17.1. The molecule has 3 rings (SSSR count). The summed E-state index contributed by atoms with van der Waals surface area (Å²) in [6, 6.07) is 9.81. The molecule has 3 nitrogen and oxygen atoms in total. The maximum atomic E-state index is 12.3. The molecule has 24 heavy (non-hydrogen) atoms. The van der Waals surface area contributed by atoms with Crippen LogP contribution in [-0.4, -0.2) is 5.91 Å². The van der Waals surface area contributed by atoms with Crippen LogP contribution >= 0.6 is 22.9 Å². The minimum atomic E-state index is -0.0481. The number of hydrogen-bond donors (Lipinski definition) is 1. The van der Waals surface area contributed by atoms with Crippen molar-refractivity contribution in [2.75, 3.05) is 5.32 Å². The first-order chi connectivity index (χ1) is 11.6. The normalized spacial score (nSPS) is 16.3. The first-order valence-corrected chi connectivity index (χ1v) is 9.35. The Balaban J connectivity index is 1.66. The predicted molar refractivity (Wildman–Crippen MR) is 98.6 cm³/mol. The van der Waals surface area contributed by atoms with Crippen molar-refractivity contribution in [3.8, 4) is 6.07 Å². The summed E-state index contributed by atoms with van der Waals surface area (Å²) in [5, 5.41) is 13.8. The van der Waals surface area contributed by atoms with Crippen LogP contribution in [-0.2, 0) is 24.1 Å². The van der Waals surface area contributed by atoms with Gasteiger partial charge >= 0.3 is 0 Å². The zero-order valence-corrected chi connectivity index (χ0v) is 15.1. The van der Waals surface area contributed by atoms with Crippen molar-refractivity contribution >= 4 is 33.8 Å². The number of anilines is 1. The van der Waals surface area contributed by atoms with Crippen molar-refractivity contribution in [2.24, 2.45) is 5.92 Å². The van der Waals surface area contributed by atoms with E-state index < -0.39 is 0 Å². The van der Waals surface area contributed by atoms with E-state index in [1.807, 2.05) is 24.3 Å². The molecule has 5 heteroatoms. The summed E-state index contributed by atoms with van der Waals surface area (Å²) in [5.74, 6) is 0.601. The second kappa shape index (κ2) is 7.38.